The molecule has 0 spiro atoms. The van der Waals surface area contributed by atoms with Gasteiger partial charge < -0.3 is 4.74 Å². The Morgan fingerprint density at radius 3 is 2.47 bits per heavy atom. The molecule has 19 heavy (non-hydrogen) atoms. The Balaban J connectivity index is 2.98. The number of hydrogen-bond acceptors (Lipinski definition) is 1. The van der Waals surface area contributed by atoms with E-state index in [0.29, 0.717) is 11.8 Å². The zero-order chi connectivity index (χ0) is 14.3. The second-order valence-corrected chi connectivity index (χ2v) is 4.90. The summed E-state index contributed by atoms with van der Waals surface area (Å²) in [6, 6.07) is 6.46. The van der Waals surface area contributed by atoms with Crippen molar-refractivity contribution in [3.8, 4) is 17.6 Å². The van der Waals surface area contributed by atoms with Gasteiger partial charge in [0, 0.05) is 12.3 Å². The number of aryl methyl sites for hydroxylation is 1. The molecular weight excluding hydrogens is 232 g/mol. The lowest BCUT2D eigenvalue weighted by Gasteiger charge is -2.19. The first-order chi connectivity index (χ1) is 9.13. The van der Waals surface area contributed by atoms with E-state index < -0.39 is 0 Å². The Kier molecular flexibility index (Phi) is 6.50. The second kappa shape index (κ2) is 7.89. The van der Waals surface area contributed by atoms with E-state index in [0.717, 1.165) is 25.2 Å². The summed E-state index contributed by atoms with van der Waals surface area (Å²) in [6.07, 6.45) is 1.97. The van der Waals surface area contributed by atoms with Gasteiger partial charge in [-0.2, -0.15) is 0 Å². The van der Waals surface area contributed by atoms with Crippen molar-refractivity contribution in [2.24, 2.45) is 5.92 Å². The van der Waals surface area contributed by atoms with Crippen LogP contribution < -0.4 is 4.74 Å². The lowest BCUT2D eigenvalue weighted by molar-refractivity contribution is 0.339. The van der Waals surface area contributed by atoms with Crippen LogP contribution in [0, 0.1) is 17.8 Å². The normalized spacial score (nSPS) is 13.3. The Bertz CT molecular complexity index is 450. The van der Waals surface area contributed by atoms with Crippen LogP contribution in [0.1, 0.15) is 58.1 Å². The molecule has 0 aliphatic carbocycles. The molecule has 1 nitrogen and oxygen atoms in total. The SMILES string of the molecule is CCC#CC(C)C(C)c1ccc(OCC)cc1CC. The average molecular weight is 258 g/mol. The van der Waals surface area contributed by atoms with Gasteiger partial charge in [-0.1, -0.05) is 39.7 Å². The fraction of sp³-hybridized carbons (Fsp3) is 0.556. The highest BCUT2D eigenvalue weighted by Crippen LogP contribution is 2.29. The molecule has 2 unspecified atom stereocenters. The first-order valence-electron chi connectivity index (χ1n) is 7.37. The minimum atomic E-state index is 0.392. The van der Waals surface area contributed by atoms with Crippen molar-refractivity contribution < 1.29 is 4.74 Å². The number of ether oxygens (including phenoxy) is 1. The molecule has 0 bridgehead atoms. The molecule has 0 fully saturated rings. The molecule has 0 aliphatic rings. The summed E-state index contributed by atoms with van der Waals surface area (Å²) in [6.45, 7) is 11.5. The minimum Gasteiger partial charge on any atom is -0.494 e. The Morgan fingerprint density at radius 1 is 1.16 bits per heavy atom. The Morgan fingerprint density at radius 2 is 1.89 bits per heavy atom. The van der Waals surface area contributed by atoms with Crippen LogP contribution in [0.4, 0.5) is 0 Å². The van der Waals surface area contributed by atoms with Crippen LogP contribution in [0.2, 0.25) is 0 Å². The molecule has 1 rings (SSSR count). The van der Waals surface area contributed by atoms with Crippen molar-refractivity contribution in [2.45, 2.75) is 53.4 Å². The van der Waals surface area contributed by atoms with Gasteiger partial charge in [-0.05, 0) is 42.5 Å². The Hall–Kier alpha value is -1.42. The molecule has 0 saturated heterocycles. The van der Waals surface area contributed by atoms with Crippen LogP contribution in [0.15, 0.2) is 18.2 Å². The summed E-state index contributed by atoms with van der Waals surface area (Å²) in [5.41, 5.74) is 2.78. The lowest BCUT2D eigenvalue weighted by atomic mass is 9.85. The van der Waals surface area contributed by atoms with Gasteiger partial charge in [0.15, 0.2) is 0 Å². The van der Waals surface area contributed by atoms with E-state index in [4.69, 9.17) is 4.74 Å². The van der Waals surface area contributed by atoms with Crippen molar-refractivity contribution in [3.63, 3.8) is 0 Å². The van der Waals surface area contributed by atoms with Crippen LogP contribution in [0.3, 0.4) is 0 Å². The summed E-state index contributed by atoms with van der Waals surface area (Å²) in [5.74, 6) is 8.36. The van der Waals surface area contributed by atoms with Crippen LogP contribution in [-0.2, 0) is 6.42 Å². The zero-order valence-electron chi connectivity index (χ0n) is 12.9. The molecule has 0 saturated carbocycles. The number of benzene rings is 1. The van der Waals surface area contributed by atoms with E-state index in [9.17, 15) is 0 Å². The maximum atomic E-state index is 5.58. The Labute approximate surface area is 118 Å². The highest BCUT2D eigenvalue weighted by molar-refractivity contribution is 5.38. The van der Waals surface area contributed by atoms with Crippen molar-refractivity contribution >= 4 is 0 Å². The third-order valence-electron chi connectivity index (χ3n) is 3.55. The third kappa shape index (κ3) is 4.31. The fourth-order valence-corrected chi connectivity index (χ4v) is 2.25. The van der Waals surface area contributed by atoms with Crippen molar-refractivity contribution in [2.75, 3.05) is 6.61 Å². The average Bonchev–Trinajstić information content (AvgIpc) is 2.44. The molecule has 2 atom stereocenters. The molecule has 1 heteroatoms. The van der Waals surface area contributed by atoms with Gasteiger partial charge in [-0.3, -0.25) is 0 Å². The molecule has 0 aromatic heterocycles. The number of hydrogen-bond donors (Lipinski definition) is 0. The first kappa shape index (κ1) is 15.6. The van der Waals surface area contributed by atoms with E-state index in [2.05, 4.69) is 57.7 Å². The van der Waals surface area contributed by atoms with Gasteiger partial charge in [0.1, 0.15) is 5.75 Å². The van der Waals surface area contributed by atoms with E-state index in [1.807, 2.05) is 6.92 Å². The molecule has 1 aromatic carbocycles. The van der Waals surface area contributed by atoms with Gasteiger partial charge >= 0.3 is 0 Å². The molecular formula is C18H26O. The smallest absolute Gasteiger partial charge is 0.119 e. The quantitative estimate of drug-likeness (QED) is 0.689. The summed E-state index contributed by atoms with van der Waals surface area (Å²) in [7, 11) is 0. The maximum Gasteiger partial charge on any atom is 0.119 e. The van der Waals surface area contributed by atoms with Gasteiger partial charge in [-0.15, -0.1) is 5.92 Å². The van der Waals surface area contributed by atoms with Crippen LogP contribution in [-0.4, -0.2) is 6.61 Å². The van der Waals surface area contributed by atoms with Gasteiger partial charge in [0.25, 0.3) is 0 Å². The molecule has 0 heterocycles. The van der Waals surface area contributed by atoms with Gasteiger partial charge in [0.05, 0.1) is 6.61 Å². The predicted molar refractivity (Wildman–Crippen MR) is 82.6 cm³/mol. The summed E-state index contributed by atoms with van der Waals surface area (Å²) < 4.78 is 5.58. The van der Waals surface area contributed by atoms with Crippen molar-refractivity contribution in [3.05, 3.63) is 29.3 Å². The number of rotatable bonds is 5. The molecule has 104 valence electrons. The van der Waals surface area contributed by atoms with E-state index in [-0.39, 0.29) is 0 Å². The van der Waals surface area contributed by atoms with Crippen molar-refractivity contribution in [1.29, 1.82) is 0 Å². The zero-order valence-corrected chi connectivity index (χ0v) is 12.9. The fourth-order valence-electron chi connectivity index (χ4n) is 2.25. The van der Waals surface area contributed by atoms with E-state index >= 15 is 0 Å². The predicted octanol–water partition coefficient (Wildman–Crippen LogP) is 4.80. The van der Waals surface area contributed by atoms with E-state index in [1.165, 1.54) is 11.1 Å². The maximum absolute atomic E-state index is 5.58. The molecule has 0 aliphatic heterocycles. The summed E-state index contributed by atoms with van der Waals surface area (Å²) in [5, 5.41) is 0. The van der Waals surface area contributed by atoms with Crippen molar-refractivity contribution in [1.82, 2.24) is 0 Å². The van der Waals surface area contributed by atoms with Crippen LogP contribution in [0.25, 0.3) is 0 Å². The van der Waals surface area contributed by atoms with E-state index in [1.54, 1.807) is 0 Å². The molecule has 1 aromatic rings. The second-order valence-electron chi connectivity index (χ2n) is 4.90. The van der Waals surface area contributed by atoms with Crippen LogP contribution >= 0.6 is 0 Å². The third-order valence-corrected chi connectivity index (χ3v) is 3.55. The van der Waals surface area contributed by atoms with Gasteiger partial charge in [0.2, 0.25) is 0 Å². The standard InChI is InChI=1S/C18H26O/c1-6-9-10-14(4)15(5)18-12-11-17(19-8-3)13-16(18)7-2/h11-15H,6-8H2,1-5H3. The largest absolute Gasteiger partial charge is 0.494 e. The topological polar surface area (TPSA) is 9.23 Å². The highest BCUT2D eigenvalue weighted by Gasteiger charge is 2.15. The minimum absolute atomic E-state index is 0.392. The molecule has 0 radical (unpaired) electrons. The molecule has 0 amide bonds. The first-order valence-corrected chi connectivity index (χ1v) is 7.37. The summed E-state index contributed by atoms with van der Waals surface area (Å²) in [4.78, 5) is 0. The summed E-state index contributed by atoms with van der Waals surface area (Å²) >= 11 is 0. The lowest BCUT2D eigenvalue weighted by Crippen LogP contribution is -2.07. The molecule has 0 N–H and O–H groups in total. The monoisotopic (exact) mass is 258 g/mol. The highest BCUT2D eigenvalue weighted by atomic mass is 16.5. The van der Waals surface area contributed by atoms with Gasteiger partial charge in [-0.25, -0.2) is 0 Å². The van der Waals surface area contributed by atoms with Crippen LogP contribution in [0.5, 0.6) is 5.75 Å².